The molecule has 0 aromatic carbocycles. The Morgan fingerprint density at radius 3 is 2.06 bits per heavy atom. The third-order valence-corrected chi connectivity index (χ3v) is 5.45. The molecule has 1 heteroatoms. The van der Waals surface area contributed by atoms with Gasteiger partial charge in [0.15, 0.2) is 0 Å². The monoisotopic (exact) mass is 302 g/mol. The summed E-state index contributed by atoms with van der Waals surface area (Å²) in [6.45, 7) is 2.29. The smallest absolute Gasteiger partial charge is 0.0174 e. The molecule has 0 N–H and O–H groups in total. The molecular formula is C16H31Br. The molecule has 0 amide bonds. The van der Waals surface area contributed by atoms with Gasteiger partial charge in [0, 0.05) is 4.83 Å². The van der Waals surface area contributed by atoms with Crippen LogP contribution < -0.4 is 0 Å². The lowest BCUT2D eigenvalue weighted by Crippen LogP contribution is -2.18. The topological polar surface area (TPSA) is 0 Å². The molecule has 0 radical (unpaired) electrons. The van der Waals surface area contributed by atoms with Gasteiger partial charge in [-0.15, -0.1) is 0 Å². The molecule has 17 heavy (non-hydrogen) atoms. The third-order valence-electron chi connectivity index (χ3n) is 4.24. The predicted molar refractivity (Wildman–Crippen MR) is 81.9 cm³/mol. The van der Waals surface area contributed by atoms with Crippen molar-refractivity contribution in [3.05, 3.63) is 0 Å². The molecule has 0 bridgehead atoms. The van der Waals surface area contributed by atoms with Crippen LogP contribution in [0.4, 0.5) is 0 Å². The zero-order chi connectivity index (χ0) is 12.3. The van der Waals surface area contributed by atoms with E-state index in [1.54, 1.807) is 0 Å². The molecule has 0 saturated heterocycles. The molecule has 1 aliphatic rings. The van der Waals surface area contributed by atoms with Crippen molar-refractivity contribution >= 4 is 15.9 Å². The van der Waals surface area contributed by atoms with Crippen LogP contribution in [0.15, 0.2) is 0 Å². The minimum Gasteiger partial charge on any atom is -0.0888 e. The van der Waals surface area contributed by atoms with Crippen molar-refractivity contribution in [2.24, 2.45) is 5.92 Å². The third kappa shape index (κ3) is 7.49. The van der Waals surface area contributed by atoms with Crippen molar-refractivity contribution in [2.45, 2.75) is 95.2 Å². The fourth-order valence-electron chi connectivity index (χ4n) is 3.03. The SMILES string of the molecule is CCCCCCCCCCC1CCCCC1Br. The summed E-state index contributed by atoms with van der Waals surface area (Å²) in [6.07, 6.45) is 18.9. The molecule has 0 spiro atoms. The number of unbranched alkanes of at least 4 members (excludes halogenated alkanes) is 7. The minimum atomic E-state index is 0.834. The number of hydrogen-bond donors (Lipinski definition) is 0. The van der Waals surface area contributed by atoms with Crippen LogP contribution in [-0.4, -0.2) is 4.83 Å². The van der Waals surface area contributed by atoms with E-state index in [1.165, 1.54) is 83.5 Å². The molecule has 1 aliphatic carbocycles. The predicted octanol–water partition coefficient (Wildman–Crippen LogP) is 6.47. The molecule has 2 unspecified atom stereocenters. The Bertz CT molecular complexity index is 167. The number of halogens is 1. The van der Waals surface area contributed by atoms with Gasteiger partial charge in [0.25, 0.3) is 0 Å². The zero-order valence-corrected chi connectivity index (χ0v) is 13.3. The molecule has 0 aliphatic heterocycles. The summed E-state index contributed by atoms with van der Waals surface area (Å²) in [6, 6.07) is 0. The molecule has 2 atom stereocenters. The lowest BCUT2D eigenvalue weighted by molar-refractivity contribution is 0.342. The van der Waals surface area contributed by atoms with Crippen LogP contribution in [0.1, 0.15) is 90.4 Å². The van der Waals surface area contributed by atoms with Gasteiger partial charge in [0.05, 0.1) is 0 Å². The second-order valence-corrected chi connectivity index (χ2v) is 7.00. The van der Waals surface area contributed by atoms with E-state index in [9.17, 15) is 0 Å². The number of alkyl halides is 1. The van der Waals surface area contributed by atoms with Crippen LogP contribution in [0.2, 0.25) is 0 Å². The van der Waals surface area contributed by atoms with Crippen molar-refractivity contribution < 1.29 is 0 Å². The Morgan fingerprint density at radius 2 is 1.41 bits per heavy atom. The fourth-order valence-corrected chi connectivity index (χ4v) is 3.88. The lowest BCUT2D eigenvalue weighted by atomic mass is 9.85. The van der Waals surface area contributed by atoms with Crippen LogP contribution in [0.3, 0.4) is 0 Å². The summed E-state index contributed by atoms with van der Waals surface area (Å²) >= 11 is 3.87. The van der Waals surface area contributed by atoms with Crippen molar-refractivity contribution in [1.82, 2.24) is 0 Å². The van der Waals surface area contributed by atoms with E-state index in [1.807, 2.05) is 0 Å². The first-order valence-corrected chi connectivity index (χ1v) is 8.90. The Kier molecular flexibility index (Phi) is 9.51. The highest BCUT2D eigenvalue weighted by atomic mass is 79.9. The van der Waals surface area contributed by atoms with Gasteiger partial charge in [-0.3, -0.25) is 0 Å². The van der Waals surface area contributed by atoms with Gasteiger partial charge in [-0.1, -0.05) is 87.1 Å². The summed E-state index contributed by atoms with van der Waals surface area (Å²) < 4.78 is 0. The van der Waals surface area contributed by atoms with Gasteiger partial charge in [-0.25, -0.2) is 0 Å². The van der Waals surface area contributed by atoms with Gasteiger partial charge in [0.2, 0.25) is 0 Å². The summed E-state index contributed by atoms with van der Waals surface area (Å²) in [7, 11) is 0. The van der Waals surface area contributed by atoms with Crippen molar-refractivity contribution in [3.8, 4) is 0 Å². The molecule has 0 aromatic heterocycles. The molecule has 0 heterocycles. The Morgan fingerprint density at radius 1 is 0.824 bits per heavy atom. The molecule has 0 aromatic rings. The van der Waals surface area contributed by atoms with Crippen LogP contribution in [0, 0.1) is 5.92 Å². The zero-order valence-electron chi connectivity index (χ0n) is 11.7. The van der Waals surface area contributed by atoms with Crippen LogP contribution in [0.5, 0.6) is 0 Å². The first-order chi connectivity index (χ1) is 8.34. The van der Waals surface area contributed by atoms with Gasteiger partial charge in [0.1, 0.15) is 0 Å². The van der Waals surface area contributed by atoms with Crippen molar-refractivity contribution in [3.63, 3.8) is 0 Å². The molecular weight excluding hydrogens is 272 g/mol. The van der Waals surface area contributed by atoms with Crippen molar-refractivity contribution in [2.75, 3.05) is 0 Å². The summed E-state index contributed by atoms with van der Waals surface area (Å²) in [5.74, 6) is 0.990. The highest BCUT2D eigenvalue weighted by Gasteiger charge is 2.21. The first-order valence-electron chi connectivity index (χ1n) is 7.98. The molecule has 1 rings (SSSR count). The Hall–Kier alpha value is 0.480. The maximum Gasteiger partial charge on any atom is 0.0174 e. The number of hydrogen-bond acceptors (Lipinski definition) is 0. The second-order valence-electron chi connectivity index (χ2n) is 5.82. The van der Waals surface area contributed by atoms with Gasteiger partial charge >= 0.3 is 0 Å². The van der Waals surface area contributed by atoms with Gasteiger partial charge < -0.3 is 0 Å². The minimum absolute atomic E-state index is 0.834. The average Bonchev–Trinajstić information content (AvgIpc) is 2.35. The first kappa shape index (κ1) is 15.5. The molecule has 0 nitrogen and oxygen atoms in total. The van der Waals surface area contributed by atoms with E-state index >= 15 is 0 Å². The second kappa shape index (κ2) is 10.4. The van der Waals surface area contributed by atoms with E-state index in [0.717, 1.165) is 10.7 Å². The average molecular weight is 303 g/mol. The summed E-state index contributed by atoms with van der Waals surface area (Å²) in [5, 5.41) is 0. The maximum absolute atomic E-state index is 3.87. The van der Waals surface area contributed by atoms with Crippen LogP contribution in [0.25, 0.3) is 0 Å². The Balaban J connectivity index is 1.86. The highest BCUT2D eigenvalue weighted by Crippen LogP contribution is 2.33. The van der Waals surface area contributed by atoms with E-state index < -0.39 is 0 Å². The van der Waals surface area contributed by atoms with E-state index in [0.29, 0.717) is 0 Å². The van der Waals surface area contributed by atoms with Gasteiger partial charge in [-0.2, -0.15) is 0 Å². The number of rotatable bonds is 9. The van der Waals surface area contributed by atoms with E-state index in [-0.39, 0.29) is 0 Å². The van der Waals surface area contributed by atoms with E-state index in [2.05, 4.69) is 22.9 Å². The maximum atomic E-state index is 3.87. The molecule has 1 saturated carbocycles. The summed E-state index contributed by atoms with van der Waals surface area (Å²) in [4.78, 5) is 0.834. The molecule has 102 valence electrons. The largest absolute Gasteiger partial charge is 0.0888 e. The summed E-state index contributed by atoms with van der Waals surface area (Å²) in [5.41, 5.74) is 0. The Labute approximate surface area is 117 Å². The normalized spacial score (nSPS) is 25.1. The van der Waals surface area contributed by atoms with Crippen LogP contribution >= 0.6 is 15.9 Å². The quantitative estimate of drug-likeness (QED) is 0.338. The fraction of sp³-hybridized carbons (Fsp3) is 1.00. The van der Waals surface area contributed by atoms with Crippen molar-refractivity contribution in [1.29, 1.82) is 0 Å². The molecule has 1 fully saturated rings. The standard InChI is InChI=1S/C16H31Br/c1-2-3-4-5-6-7-8-9-12-15-13-10-11-14-16(15)17/h15-16H,2-14H2,1H3. The van der Waals surface area contributed by atoms with Crippen LogP contribution in [-0.2, 0) is 0 Å². The van der Waals surface area contributed by atoms with Gasteiger partial charge in [-0.05, 0) is 25.2 Å². The highest BCUT2D eigenvalue weighted by molar-refractivity contribution is 9.09. The lowest BCUT2D eigenvalue weighted by Gasteiger charge is -2.27. The van der Waals surface area contributed by atoms with E-state index in [4.69, 9.17) is 0 Å².